The highest BCUT2D eigenvalue weighted by Crippen LogP contribution is 2.26. The highest BCUT2D eigenvalue weighted by molar-refractivity contribution is 8.12. The maximum atomic E-state index is 10.5. The van der Waals surface area contributed by atoms with Crippen molar-refractivity contribution in [2.24, 2.45) is 5.16 Å². The molecular weight excluding hydrogens is 378 g/mol. The lowest BCUT2D eigenvalue weighted by Crippen LogP contribution is -2.58. The number of thioether (sulfide) groups is 1. The van der Waals surface area contributed by atoms with Gasteiger partial charge in [-0.1, -0.05) is 5.16 Å². The molecule has 23 heavy (non-hydrogen) atoms. The van der Waals surface area contributed by atoms with Crippen LogP contribution in [0.5, 0.6) is 0 Å². The van der Waals surface area contributed by atoms with E-state index in [2.05, 4.69) is 9.44 Å². The number of ether oxygens (including phenoxy) is 1. The fourth-order valence-electron chi connectivity index (χ4n) is 1.53. The third-order valence-corrected chi connectivity index (χ3v) is 4.29. The number of hydrogen-bond acceptors (Lipinski definition) is 12. The smallest absolute Gasteiger partial charge is 0.394 e. The second-order valence-electron chi connectivity index (χ2n) is 4.30. The first-order chi connectivity index (χ1) is 10.7. The van der Waals surface area contributed by atoms with Gasteiger partial charge < -0.3 is 25.2 Å². The Morgan fingerprint density at radius 3 is 2.43 bits per heavy atom. The van der Waals surface area contributed by atoms with E-state index in [9.17, 15) is 23.7 Å². The molecule has 0 aromatic rings. The highest BCUT2D eigenvalue weighted by atomic mass is 32.3. The van der Waals surface area contributed by atoms with E-state index in [4.69, 9.17) is 18.6 Å². The van der Waals surface area contributed by atoms with Gasteiger partial charge in [0.2, 0.25) is 0 Å². The molecule has 0 unspecified atom stereocenters. The van der Waals surface area contributed by atoms with Gasteiger partial charge in [0.1, 0.15) is 24.4 Å². The fourth-order valence-corrected chi connectivity index (χ4v) is 3.04. The molecule has 0 amide bonds. The molecule has 136 valence electrons. The van der Waals surface area contributed by atoms with Crippen LogP contribution in [0.1, 0.15) is 0 Å². The maximum absolute atomic E-state index is 10.5. The van der Waals surface area contributed by atoms with E-state index in [1.54, 1.807) is 6.26 Å². The summed E-state index contributed by atoms with van der Waals surface area (Å²) in [6.45, 7) is -0.618. The largest absolute Gasteiger partial charge is 0.466 e. The van der Waals surface area contributed by atoms with E-state index in [0.29, 0.717) is 12.0 Å². The van der Waals surface area contributed by atoms with Crippen molar-refractivity contribution in [1.82, 2.24) is 0 Å². The molecular formula is C9H17NO10S3. The SMILES string of the molecule is CSC/C(=N\OS(=O)(=O)O)SO[C@@H]1O[C@H](CO)[C@@H](O)[C@H](O)[C@H]1O. The van der Waals surface area contributed by atoms with Crippen molar-refractivity contribution in [3.05, 3.63) is 0 Å². The van der Waals surface area contributed by atoms with E-state index >= 15 is 0 Å². The van der Waals surface area contributed by atoms with Gasteiger partial charge in [-0.3, -0.25) is 8.74 Å². The number of hydrogen-bond donors (Lipinski definition) is 5. The Balaban J connectivity index is 2.68. The Morgan fingerprint density at radius 1 is 1.26 bits per heavy atom. The molecule has 11 nitrogen and oxygen atoms in total. The Hall–Kier alpha value is -0.160. The Labute approximate surface area is 140 Å². The zero-order valence-electron chi connectivity index (χ0n) is 11.8. The minimum atomic E-state index is -4.77. The molecule has 0 aliphatic carbocycles. The molecule has 1 saturated heterocycles. The first-order valence-corrected chi connectivity index (χ1v) is 9.55. The molecule has 0 radical (unpaired) electrons. The van der Waals surface area contributed by atoms with Crippen molar-refractivity contribution in [3.63, 3.8) is 0 Å². The van der Waals surface area contributed by atoms with E-state index in [0.717, 1.165) is 0 Å². The standard InChI is InChI=1S/C9H17NO10S3/c1-21-3-5(10-20-23(15,16)17)22-19-9-8(14)7(13)6(12)4(2-11)18-9/h4,6-9,11-14H,2-3H2,1H3,(H,15,16,17)/b10-5+/t4-,6-,7+,8-,9+/m1/s1. The van der Waals surface area contributed by atoms with Crippen LogP contribution in [0.4, 0.5) is 0 Å². The molecule has 1 aliphatic rings. The van der Waals surface area contributed by atoms with Crippen molar-refractivity contribution in [1.29, 1.82) is 0 Å². The molecule has 1 rings (SSSR count). The topological polar surface area (TPSA) is 175 Å². The first-order valence-electron chi connectivity index (χ1n) is 6.05. The van der Waals surface area contributed by atoms with Gasteiger partial charge in [0, 0.05) is 5.75 Å². The lowest BCUT2D eigenvalue weighted by molar-refractivity contribution is -0.274. The van der Waals surface area contributed by atoms with Crippen LogP contribution < -0.4 is 0 Å². The highest BCUT2D eigenvalue weighted by Gasteiger charge is 2.44. The molecule has 0 spiro atoms. The third kappa shape index (κ3) is 6.69. The van der Waals surface area contributed by atoms with E-state index in [1.807, 2.05) is 0 Å². The molecule has 1 aliphatic heterocycles. The van der Waals surface area contributed by atoms with Crippen molar-refractivity contribution in [2.75, 3.05) is 18.6 Å². The van der Waals surface area contributed by atoms with Crippen molar-refractivity contribution < 1.29 is 46.6 Å². The summed E-state index contributed by atoms with van der Waals surface area (Å²) >= 11 is 1.72. The zero-order valence-corrected chi connectivity index (χ0v) is 14.2. The Kier molecular flexibility index (Phi) is 8.50. The molecule has 5 atom stereocenters. The predicted molar refractivity (Wildman–Crippen MR) is 80.9 cm³/mol. The minimum absolute atomic E-state index is 0.0212. The first kappa shape index (κ1) is 20.9. The van der Waals surface area contributed by atoms with E-state index in [-0.39, 0.29) is 10.8 Å². The molecule has 14 heteroatoms. The van der Waals surface area contributed by atoms with Crippen molar-refractivity contribution in [3.8, 4) is 0 Å². The van der Waals surface area contributed by atoms with E-state index in [1.165, 1.54) is 11.8 Å². The summed E-state index contributed by atoms with van der Waals surface area (Å²) in [5, 5.41) is 41.1. The molecule has 0 saturated carbocycles. The van der Waals surface area contributed by atoms with Crippen LogP contribution in [0.2, 0.25) is 0 Å². The molecule has 0 aromatic heterocycles. The maximum Gasteiger partial charge on any atom is 0.466 e. The van der Waals surface area contributed by atoms with Crippen LogP contribution in [0, 0.1) is 0 Å². The fraction of sp³-hybridized carbons (Fsp3) is 0.889. The van der Waals surface area contributed by atoms with Gasteiger partial charge in [-0.25, -0.2) is 4.28 Å². The lowest BCUT2D eigenvalue weighted by Gasteiger charge is -2.39. The third-order valence-electron chi connectivity index (χ3n) is 2.59. The Bertz CT molecular complexity index is 498. The van der Waals surface area contributed by atoms with Gasteiger partial charge in [-0.05, 0) is 6.26 Å². The van der Waals surface area contributed by atoms with Crippen molar-refractivity contribution in [2.45, 2.75) is 30.7 Å². The molecule has 0 bridgehead atoms. The van der Waals surface area contributed by atoms with Crippen LogP contribution in [0.15, 0.2) is 5.16 Å². The summed E-state index contributed by atoms with van der Waals surface area (Å²) in [6.07, 6.45) is -5.64. The summed E-state index contributed by atoms with van der Waals surface area (Å²) in [7, 11) is -4.77. The zero-order chi connectivity index (χ0) is 17.6. The van der Waals surface area contributed by atoms with Crippen LogP contribution in [-0.2, 0) is 23.6 Å². The van der Waals surface area contributed by atoms with Gasteiger partial charge >= 0.3 is 10.4 Å². The number of nitrogens with zero attached hydrogens (tertiary/aromatic N) is 1. The van der Waals surface area contributed by atoms with Gasteiger partial charge in [-0.15, -0.1) is 0 Å². The summed E-state index contributed by atoms with van der Waals surface area (Å²) in [5.74, 6) is 0.150. The average molecular weight is 395 g/mol. The average Bonchev–Trinajstić information content (AvgIpc) is 2.48. The summed E-state index contributed by atoms with van der Waals surface area (Å²) in [6, 6.07) is 0. The van der Waals surface area contributed by atoms with Crippen molar-refractivity contribution >= 4 is 39.2 Å². The summed E-state index contributed by atoms with van der Waals surface area (Å²) in [4.78, 5) is 0. The van der Waals surface area contributed by atoms with Gasteiger partial charge in [0.25, 0.3) is 0 Å². The summed E-state index contributed by atoms with van der Waals surface area (Å²) in [5.41, 5.74) is 0. The normalized spacial score (nSPS) is 32.8. The molecule has 1 heterocycles. The van der Waals surface area contributed by atoms with Crippen LogP contribution in [0.25, 0.3) is 0 Å². The second-order valence-corrected chi connectivity index (χ2v) is 7.00. The minimum Gasteiger partial charge on any atom is -0.394 e. The molecule has 5 N–H and O–H groups in total. The quantitative estimate of drug-likeness (QED) is 0.105. The lowest BCUT2D eigenvalue weighted by atomic mass is 10.00. The second kappa shape index (κ2) is 9.36. The van der Waals surface area contributed by atoms with Gasteiger partial charge in [-0.2, -0.15) is 20.2 Å². The number of rotatable bonds is 7. The molecule has 1 fully saturated rings. The molecule has 0 aromatic carbocycles. The van der Waals surface area contributed by atoms with Crippen LogP contribution in [0.3, 0.4) is 0 Å². The van der Waals surface area contributed by atoms with Crippen LogP contribution >= 0.6 is 23.8 Å². The Morgan fingerprint density at radius 2 is 1.91 bits per heavy atom. The number of aliphatic hydroxyl groups is 4. The van der Waals surface area contributed by atoms with Crippen LogP contribution in [-0.4, -0.2) is 87.8 Å². The van der Waals surface area contributed by atoms with Gasteiger partial charge in [0.05, 0.1) is 18.6 Å². The monoisotopic (exact) mass is 395 g/mol. The van der Waals surface area contributed by atoms with E-state index < -0.39 is 47.7 Å². The number of aliphatic hydroxyl groups excluding tert-OH is 4. The number of oxime groups is 1. The van der Waals surface area contributed by atoms with Gasteiger partial charge in [0.15, 0.2) is 11.3 Å². The summed E-state index contributed by atoms with van der Waals surface area (Å²) < 4.78 is 43.4. The predicted octanol–water partition coefficient (Wildman–Crippen LogP) is -2.05.